The predicted octanol–water partition coefficient (Wildman–Crippen LogP) is 0.749. The highest BCUT2D eigenvalue weighted by molar-refractivity contribution is 5.93. The molecule has 0 saturated heterocycles. The molecule has 3 N–H and O–H groups in total. The minimum absolute atomic E-state index is 0.0282. The van der Waals surface area contributed by atoms with Crippen LogP contribution in [-0.2, 0) is 4.74 Å². The van der Waals surface area contributed by atoms with Crippen LogP contribution in [0.15, 0.2) is 24.3 Å². The first-order valence-electron chi connectivity index (χ1n) is 6.15. The third-order valence-electron chi connectivity index (χ3n) is 2.57. The molecule has 1 heterocycles. The van der Waals surface area contributed by atoms with E-state index in [1.165, 1.54) is 0 Å². The van der Waals surface area contributed by atoms with Crippen molar-refractivity contribution in [2.24, 2.45) is 0 Å². The first-order valence-corrected chi connectivity index (χ1v) is 6.15. The number of aromatic carboxylic acids is 1. The summed E-state index contributed by atoms with van der Waals surface area (Å²) in [5, 5.41) is 21.4. The van der Waals surface area contributed by atoms with Gasteiger partial charge in [0.1, 0.15) is 5.82 Å². The van der Waals surface area contributed by atoms with E-state index in [9.17, 15) is 4.79 Å². The molecule has 0 saturated carbocycles. The highest BCUT2D eigenvalue weighted by atomic mass is 16.5. The summed E-state index contributed by atoms with van der Waals surface area (Å²) in [7, 11) is 0. The summed E-state index contributed by atoms with van der Waals surface area (Å²) in [5.74, 6) is -0.960. The molecule has 2 rings (SSSR count). The Morgan fingerprint density at radius 3 is 2.80 bits per heavy atom. The molecule has 0 fully saturated rings. The molecule has 2 aromatic rings. The van der Waals surface area contributed by atoms with E-state index in [4.69, 9.17) is 14.9 Å². The van der Waals surface area contributed by atoms with Crippen LogP contribution in [0.2, 0.25) is 0 Å². The standard InChI is InChI=1S/C13H15N3O4/c17-6-8-20-7-5-14-11-9-3-1-2-4-10(9)15-12(16-11)13(18)19/h1-4,17H,5-8H2,(H,18,19)(H,14,15,16). The van der Waals surface area contributed by atoms with Crippen LogP contribution in [0.4, 0.5) is 5.82 Å². The van der Waals surface area contributed by atoms with E-state index in [1.54, 1.807) is 12.1 Å². The number of aliphatic hydroxyl groups excluding tert-OH is 1. The smallest absolute Gasteiger partial charge is 0.374 e. The van der Waals surface area contributed by atoms with Crippen LogP contribution in [0.5, 0.6) is 0 Å². The molecule has 0 atom stereocenters. The number of carbonyl (C=O) groups is 1. The van der Waals surface area contributed by atoms with E-state index in [0.29, 0.717) is 24.5 Å². The third kappa shape index (κ3) is 3.40. The fourth-order valence-electron chi connectivity index (χ4n) is 1.72. The van der Waals surface area contributed by atoms with Gasteiger partial charge in [0.05, 0.1) is 25.3 Å². The molecular formula is C13H15N3O4. The number of para-hydroxylation sites is 1. The number of aliphatic hydroxyl groups is 1. The van der Waals surface area contributed by atoms with Gasteiger partial charge in [0, 0.05) is 11.9 Å². The number of hydrogen-bond acceptors (Lipinski definition) is 6. The van der Waals surface area contributed by atoms with E-state index in [0.717, 1.165) is 5.39 Å². The molecule has 1 aromatic carbocycles. The maximum atomic E-state index is 11.0. The average Bonchev–Trinajstić information content (AvgIpc) is 2.46. The molecule has 0 amide bonds. The Morgan fingerprint density at radius 1 is 1.25 bits per heavy atom. The number of benzene rings is 1. The molecule has 7 nitrogen and oxygen atoms in total. The van der Waals surface area contributed by atoms with Gasteiger partial charge in [-0.1, -0.05) is 12.1 Å². The van der Waals surface area contributed by atoms with Crippen LogP contribution in [0.1, 0.15) is 10.6 Å². The van der Waals surface area contributed by atoms with Gasteiger partial charge < -0.3 is 20.3 Å². The fraction of sp³-hybridized carbons (Fsp3) is 0.308. The Kier molecular flexibility index (Phi) is 4.80. The van der Waals surface area contributed by atoms with Crippen molar-refractivity contribution in [2.45, 2.75) is 0 Å². The van der Waals surface area contributed by atoms with Gasteiger partial charge >= 0.3 is 5.97 Å². The minimum atomic E-state index is -1.17. The predicted molar refractivity (Wildman–Crippen MR) is 72.9 cm³/mol. The van der Waals surface area contributed by atoms with E-state index in [2.05, 4.69) is 15.3 Å². The van der Waals surface area contributed by atoms with Gasteiger partial charge in [-0.15, -0.1) is 0 Å². The summed E-state index contributed by atoms with van der Waals surface area (Å²) in [5.41, 5.74) is 0.568. The molecule has 0 aliphatic heterocycles. The first kappa shape index (κ1) is 14.2. The Morgan fingerprint density at radius 2 is 2.05 bits per heavy atom. The van der Waals surface area contributed by atoms with Crippen molar-refractivity contribution in [2.75, 3.05) is 31.7 Å². The second-order valence-electron chi connectivity index (χ2n) is 3.98. The normalized spacial score (nSPS) is 10.7. The lowest BCUT2D eigenvalue weighted by Crippen LogP contribution is -2.14. The zero-order valence-electron chi connectivity index (χ0n) is 10.7. The summed E-state index contributed by atoms with van der Waals surface area (Å²) in [4.78, 5) is 19.0. The summed E-state index contributed by atoms with van der Waals surface area (Å²) in [6.07, 6.45) is 0. The Balaban J connectivity index is 2.19. The number of rotatable bonds is 7. The van der Waals surface area contributed by atoms with Gasteiger partial charge in [0.2, 0.25) is 5.82 Å². The highest BCUT2D eigenvalue weighted by Gasteiger charge is 2.12. The van der Waals surface area contributed by atoms with Crippen molar-refractivity contribution < 1.29 is 19.7 Å². The van der Waals surface area contributed by atoms with Crippen LogP contribution in [0.25, 0.3) is 10.9 Å². The number of anilines is 1. The molecule has 1 aromatic heterocycles. The van der Waals surface area contributed by atoms with E-state index < -0.39 is 5.97 Å². The van der Waals surface area contributed by atoms with Gasteiger partial charge in [-0.2, -0.15) is 0 Å². The average molecular weight is 277 g/mol. The van der Waals surface area contributed by atoms with Crippen molar-refractivity contribution in [1.29, 1.82) is 0 Å². The van der Waals surface area contributed by atoms with Gasteiger partial charge in [0.25, 0.3) is 0 Å². The van der Waals surface area contributed by atoms with Crippen LogP contribution >= 0.6 is 0 Å². The number of carboxylic acids is 1. The van der Waals surface area contributed by atoms with Crippen LogP contribution in [0.3, 0.4) is 0 Å². The lowest BCUT2D eigenvalue weighted by molar-refractivity contribution is 0.0684. The summed E-state index contributed by atoms with van der Waals surface area (Å²) >= 11 is 0. The molecule has 0 radical (unpaired) electrons. The van der Waals surface area contributed by atoms with Gasteiger partial charge in [-0.05, 0) is 12.1 Å². The van der Waals surface area contributed by atoms with Gasteiger partial charge in [-0.3, -0.25) is 0 Å². The topological polar surface area (TPSA) is 105 Å². The third-order valence-corrected chi connectivity index (χ3v) is 2.57. The second-order valence-corrected chi connectivity index (χ2v) is 3.98. The lowest BCUT2D eigenvalue weighted by atomic mass is 10.2. The number of carboxylic acid groups (broad SMARTS) is 1. The van der Waals surface area contributed by atoms with E-state index in [1.807, 2.05) is 12.1 Å². The number of aromatic nitrogens is 2. The van der Waals surface area contributed by atoms with Gasteiger partial charge in [-0.25, -0.2) is 14.8 Å². The van der Waals surface area contributed by atoms with Crippen LogP contribution in [-0.4, -0.2) is 52.5 Å². The molecule has 20 heavy (non-hydrogen) atoms. The van der Waals surface area contributed by atoms with E-state index >= 15 is 0 Å². The number of fused-ring (bicyclic) bond motifs is 1. The number of nitrogens with one attached hydrogen (secondary N) is 1. The second kappa shape index (κ2) is 6.78. The zero-order chi connectivity index (χ0) is 14.4. The maximum Gasteiger partial charge on any atom is 0.374 e. The fourth-order valence-corrected chi connectivity index (χ4v) is 1.72. The molecule has 0 bridgehead atoms. The van der Waals surface area contributed by atoms with E-state index in [-0.39, 0.29) is 19.0 Å². The summed E-state index contributed by atoms with van der Waals surface area (Å²) < 4.78 is 5.12. The number of hydrogen-bond donors (Lipinski definition) is 3. The number of nitrogens with zero attached hydrogens (tertiary/aromatic N) is 2. The van der Waals surface area contributed by atoms with Crippen molar-refractivity contribution in [1.82, 2.24) is 9.97 Å². The highest BCUT2D eigenvalue weighted by Crippen LogP contribution is 2.19. The number of ether oxygens (including phenoxy) is 1. The monoisotopic (exact) mass is 277 g/mol. The van der Waals surface area contributed by atoms with Crippen LogP contribution < -0.4 is 5.32 Å². The first-order chi connectivity index (χ1) is 9.72. The van der Waals surface area contributed by atoms with Crippen molar-refractivity contribution in [3.63, 3.8) is 0 Å². The Hall–Kier alpha value is -2.25. The summed E-state index contributed by atoms with van der Waals surface area (Å²) in [6, 6.07) is 7.17. The molecule has 0 unspecified atom stereocenters. The summed E-state index contributed by atoms with van der Waals surface area (Å²) in [6.45, 7) is 1.09. The lowest BCUT2D eigenvalue weighted by Gasteiger charge is -2.09. The minimum Gasteiger partial charge on any atom is -0.475 e. The molecule has 106 valence electrons. The molecular weight excluding hydrogens is 262 g/mol. The van der Waals surface area contributed by atoms with Crippen molar-refractivity contribution >= 4 is 22.7 Å². The molecule has 7 heteroatoms. The SMILES string of the molecule is O=C(O)c1nc(NCCOCCO)c2ccccc2n1. The largest absolute Gasteiger partial charge is 0.475 e. The van der Waals surface area contributed by atoms with Gasteiger partial charge in [0.15, 0.2) is 0 Å². The van der Waals surface area contributed by atoms with Crippen molar-refractivity contribution in [3.05, 3.63) is 30.1 Å². The maximum absolute atomic E-state index is 11.0. The Bertz CT molecular complexity index is 603. The van der Waals surface area contributed by atoms with Crippen molar-refractivity contribution in [3.8, 4) is 0 Å². The molecule has 0 aliphatic rings. The quantitative estimate of drug-likeness (QED) is 0.641. The molecule has 0 aliphatic carbocycles. The zero-order valence-corrected chi connectivity index (χ0v) is 10.7. The van der Waals surface area contributed by atoms with Crippen LogP contribution in [0, 0.1) is 0 Å². The Labute approximate surface area is 115 Å². The molecule has 0 spiro atoms.